The van der Waals surface area contributed by atoms with E-state index in [0.29, 0.717) is 5.75 Å². The van der Waals surface area contributed by atoms with Gasteiger partial charge in [0.25, 0.3) is 0 Å². The van der Waals surface area contributed by atoms with Crippen LogP contribution < -0.4 is 4.74 Å². The van der Waals surface area contributed by atoms with Crippen LogP contribution in [0.25, 0.3) is 28.0 Å². The Morgan fingerprint density at radius 3 is 2.36 bits per heavy atom. The summed E-state index contributed by atoms with van der Waals surface area (Å²) >= 11 is 0. The first-order valence-corrected chi connectivity index (χ1v) is 11.0. The number of phenols is 1. The van der Waals surface area contributed by atoms with Crippen LogP contribution in [0.1, 0.15) is 18.1 Å². The minimum Gasteiger partial charge on any atom is -0.508 e. The molecule has 0 aliphatic carbocycles. The standard InChI is InChI=1S/C29H27NO3/c1-4-21-18-23-19-24(31)13-16-26(23)29(28(21)22-8-6-5-7-9-22)33-25-14-10-20(11-15-25)12-17-27(32)30(2)3/h5-19,31H,4H2,1-3H3/b17-12+. The second kappa shape index (κ2) is 9.61. The molecule has 0 saturated heterocycles. The smallest absolute Gasteiger partial charge is 0.246 e. The van der Waals surface area contributed by atoms with Gasteiger partial charge in [-0.25, -0.2) is 0 Å². The molecule has 0 aliphatic heterocycles. The van der Waals surface area contributed by atoms with Gasteiger partial charge in [0.15, 0.2) is 0 Å². The summed E-state index contributed by atoms with van der Waals surface area (Å²) in [4.78, 5) is 13.3. The third-order valence-corrected chi connectivity index (χ3v) is 5.56. The molecule has 4 heteroatoms. The summed E-state index contributed by atoms with van der Waals surface area (Å²) in [6, 6.07) is 25.4. The SMILES string of the molecule is CCc1cc2cc(O)ccc2c(Oc2ccc(/C=C/C(=O)N(C)C)cc2)c1-c1ccccc1. The number of carbonyl (C=O) groups is 1. The van der Waals surface area contributed by atoms with E-state index in [0.717, 1.165) is 45.2 Å². The van der Waals surface area contributed by atoms with Crippen LogP contribution in [0.4, 0.5) is 0 Å². The van der Waals surface area contributed by atoms with Crippen molar-refractivity contribution in [2.75, 3.05) is 14.1 Å². The Balaban J connectivity index is 1.79. The van der Waals surface area contributed by atoms with Gasteiger partial charge >= 0.3 is 0 Å². The van der Waals surface area contributed by atoms with E-state index < -0.39 is 0 Å². The topological polar surface area (TPSA) is 49.8 Å². The Bertz CT molecular complexity index is 1310. The lowest BCUT2D eigenvalue weighted by atomic mass is 9.92. The zero-order chi connectivity index (χ0) is 23.4. The predicted molar refractivity (Wildman–Crippen MR) is 135 cm³/mol. The van der Waals surface area contributed by atoms with Gasteiger partial charge in [-0.2, -0.15) is 0 Å². The highest BCUT2D eigenvalue weighted by Crippen LogP contribution is 2.43. The average Bonchev–Trinajstić information content (AvgIpc) is 2.83. The number of aryl methyl sites for hydroxylation is 1. The predicted octanol–water partition coefficient (Wildman–Crippen LogP) is 6.67. The fourth-order valence-electron chi connectivity index (χ4n) is 3.80. The third kappa shape index (κ3) is 4.90. The van der Waals surface area contributed by atoms with Gasteiger partial charge in [0.2, 0.25) is 5.91 Å². The van der Waals surface area contributed by atoms with Gasteiger partial charge in [-0.05, 0) is 64.9 Å². The normalized spacial score (nSPS) is 11.1. The number of ether oxygens (including phenoxy) is 1. The van der Waals surface area contributed by atoms with Crippen LogP contribution in [-0.2, 0) is 11.2 Å². The third-order valence-electron chi connectivity index (χ3n) is 5.56. The lowest BCUT2D eigenvalue weighted by Crippen LogP contribution is -2.18. The van der Waals surface area contributed by atoms with E-state index in [1.165, 1.54) is 4.90 Å². The highest BCUT2D eigenvalue weighted by Gasteiger charge is 2.17. The van der Waals surface area contributed by atoms with Crippen LogP contribution in [0.5, 0.6) is 17.2 Å². The maximum absolute atomic E-state index is 11.8. The summed E-state index contributed by atoms with van der Waals surface area (Å²) in [5, 5.41) is 11.9. The Morgan fingerprint density at radius 2 is 1.70 bits per heavy atom. The van der Waals surface area contributed by atoms with Gasteiger partial charge in [0.05, 0.1) is 0 Å². The Hall–Kier alpha value is -4.05. The molecule has 0 bridgehead atoms. The Kier molecular flexibility index (Phi) is 6.45. The second-order valence-corrected chi connectivity index (χ2v) is 8.10. The summed E-state index contributed by atoms with van der Waals surface area (Å²) in [6.45, 7) is 2.12. The summed E-state index contributed by atoms with van der Waals surface area (Å²) < 4.78 is 6.50. The van der Waals surface area contributed by atoms with Crippen molar-refractivity contribution < 1.29 is 14.6 Å². The van der Waals surface area contributed by atoms with Crippen LogP contribution in [0.15, 0.2) is 84.9 Å². The minimum absolute atomic E-state index is 0.0612. The number of hydrogen-bond acceptors (Lipinski definition) is 3. The zero-order valence-electron chi connectivity index (χ0n) is 19.1. The molecule has 0 atom stereocenters. The molecule has 0 aromatic heterocycles. The summed E-state index contributed by atoms with van der Waals surface area (Å²) in [6.07, 6.45) is 4.17. The van der Waals surface area contributed by atoms with E-state index >= 15 is 0 Å². The van der Waals surface area contributed by atoms with Gasteiger partial charge in [-0.1, -0.05) is 55.5 Å². The number of benzene rings is 4. The van der Waals surface area contributed by atoms with Gasteiger partial charge in [-0.3, -0.25) is 4.79 Å². The summed E-state index contributed by atoms with van der Waals surface area (Å²) in [5.41, 5.74) is 4.20. The second-order valence-electron chi connectivity index (χ2n) is 8.10. The minimum atomic E-state index is -0.0612. The lowest BCUT2D eigenvalue weighted by Gasteiger charge is -2.18. The molecule has 4 rings (SSSR count). The number of hydrogen-bond donors (Lipinski definition) is 1. The molecule has 0 spiro atoms. The number of amides is 1. The average molecular weight is 438 g/mol. The molecular weight excluding hydrogens is 410 g/mol. The maximum Gasteiger partial charge on any atom is 0.246 e. The summed E-state index contributed by atoms with van der Waals surface area (Å²) in [7, 11) is 3.45. The molecule has 33 heavy (non-hydrogen) atoms. The zero-order valence-corrected chi connectivity index (χ0v) is 19.1. The largest absolute Gasteiger partial charge is 0.508 e. The first-order valence-electron chi connectivity index (χ1n) is 11.0. The molecule has 0 aliphatic rings. The van der Waals surface area contributed by atoms with Crippen molar-refractivity contribution in [2.24, 2.45) is 0 Å². The molecule has 1 N–H and O–H groups in total. The molecule has 0 heterocycles. The van der Waals surface area contributed by atoms with Gasteiger partial charge < -0.3 is 14.7 Å². The van der Waals surface area contributed by atoms with E-state index in [9.17, 15) is 9.90 Å². The number of rotatable bonds is 6. The van der Waals surface area contributed by atoms with E-state index in [1.54, 1.807) is 38.4 Å². The molecule has 166 valence electrons. The van der Waals surface area contributed by atoms with Crippen LogP contribution >= 0.6 is 0 Å². The fourth-order valence-corrected chi connectivity index (χ4v) is 3.80. The van der Waals surface area contributed by atoms with Gasteiger partial charge in [0.1, 0.15) is 17.2 Å². The Labute approximate surface area is 194 Å². The number of likely N-dealkylation sites (N-methyl/N-ethyl adjacent to an activating group) is 1. The molecule has 4 nitrogen and oxygen atoms in total. The van der Waals surface area contributed by atoms with Crippen molar-refractivity contribution in [3.63, 3.8) is 0 Å². The molecule has 0 radical (unpaired) electrons. The fraction of sp³-hybridized carbons (Fsp3) is 0.138. The number of nitrogens with zero attached hydrogens (tertiary/aromatic N) is 1. The van der Waals surface area contributed by atoms with Gasteiger partial charge in [-0.15, -0.1) is 0 Å². The first-order chi connectivity index (χ1) is 16.0. The van der Waals surface area contributed by atoms with Crippen molar-refractivity contribution in [1.29, 1.82) is 0 Å². The van der Waals surface area contributed by atoms with Crippen LogP contribution in [-0.4, -0.2) is 30.0 Å². The van der Waals surface area contributed by atoms with Crippen LogP contribution in [0, 0.1) is 0 Å². The highest BCUT2D eigenvalue weighted by atomic mass is 16.5. The van der Waals surface area contributed by atoms with Crippen molar-refractivity contribution in [3.05, 3.63) is 96.1 Å². The van der Waals surface area contributed by atoms with E-state index in [2.05, 4.69) is 25.1 Å². The van der Waals surface area contributed by atoms with E-state index in [-0.39, 0.29) is 11.7 Å². The molecule has 0 fully saturated rings. The van der Waals surface area contributed by atoms with Crippen molar-refractivity contribution in [2.45, 2.75) is 13.3 Å². The number of aromatic hydroxyl groups is 1. The van der Waals surface area contributed by atoms with Crippen molar-refractivity contribution in [3.8, 4) is 28.4 Å². The quantitative estimate of drug-likeness (QED) is 0.343. The number of fused-ring (bicyclic) bond motifs is 1. The maximum atomic E-state index is 11.8. The Morgan fingerprint density at radius 1 is 0.970 bits per heavy atom. The molecule has 1 amide bonds. The molecule has 0 unspecified atom stereocenters. The number of phenolic OH excluding ortho intramolecular Hbond substituents is 1. The van der Waals surface area contributed by atoms with Gasteiger partial charge in [0, 0.05) is 31.1 Å². The monoisotopic (exact) mass is 437 g/mol. The summed E-state index contributed by atoms with van der Waals surface area (Å²) in [5.74, 6) is 1.63. The molecule has 0 saturated carbocycles. The van der Waals surface area contributed by atoms with Crippen LogP contribution in [0.3, 0.4) is 0 Å². The van der Waals surface area contributed by atoms with E-state index in [4.69, 9.17) is 4.74 Å². The first kappa shape index (κ1) is 22.2. The number of carbonyl (C=O) groups excluding carboxylic acids is 1. The molecule has 4 aromatic carbocycles. The lowest BCUT2D eigenvalue weighted by molar-refractivity contribution is -0.123. The van der Waals surface area contributed by atoms with Crippen molar-refractivity contribution >= 4 is 22.8 Å². The highest BCUT2D eigenvalue weighted by molar-refractivity contribution is 5.98. The van der Waals surface area contributed by atoms with Crippen LogP contribution in [0.2, 0.25) is 0 Å². The van der Waals surface area contributed by atoms with E-state index in [1.807, 2.05) is 48.5 Å². The molecular formula is C29H27NO3. The van der Waals surface area contributed by atoms with Crippen molar-refractivity contribution in [1.82, 2.24) is 4.90 Å². The molecule has 4 aromatic rings.